The summed E-state index contributed by atoms with van der Waals surface area (Å²) >= 11 is 5.18. The van der Waals surface area contributed by atoms with E-state index < -0.39 is 0 Å². The zero-order valence-electron chi connectivity index (χ0n) is 10.0. The van der Waals surface area contributed by atoms with Gasteiger partial charge in [0.25, 0.3) is 0 Å². The third-order valence-corrected chi connectivity index (χ3v) is 4.46. The van der Waals surface area contributed by atoms with Crippen LogP contribution in [0.1, 0.15) is 16.5 Å². The van der Waals surface area contributed by atoms with E-state index in [2.05, 4.69) is 32.8 Å². The monoisotopic (exact) mass is 326 g/mol. The number of ether oxygens (including phenoxy) is 1. The van der Waals surface area contributed by atoms with Crippen LogP contribution >= 0.6 is 27.3 Å². The van der Waals surface area contributed by atoms with Gasteiger partial charge in [0.15, 0.2) is 0 Å². The number of benzene rings is 1. The molecule has 1 heterocycles. The smallest absolute Gasteiger partial charge is 0.123 e. The Bertz CT molecular complexity index is 515. The van der Waals surface area contributed by atoms with Gasteiger partial charge in [-0.15, -0.1) is 11.3 Å². The lowest BCUT2D eigenvalue weighted by molar-refractivity contribution is 0.399. The van der Waals surface area contributed by atoms with E-state index in [4.69, 9.17) is 10.6 Å². The summed E-state index contributed by atoms with van der Waals surface area (Å²) in [6.07, 6.45) is 0.840. The van der Waals surface area contributed by atoms with Gasteiger partial charge in [0.2, 0.25) is 0 Å². The van der Waals surface area contributed by atoms with Crippen LogP contribution in [0.3, 0.4) is 0 Å². The van der Waals surface area contributed by atoms with E-state index >= 15 is 0 Å². The fourth-order valence-corrected chi connectivity index (χ4v) is 3.37. The first kappa shape index (κ1) is 13.5. The zero-order valence-corrected chi connectivity index (χ0v) is 12.4. The third kappa shape index (κ3) is 3.11. The third-order valence-electron chi connectivity index (χ3n) is 2.74. The quantitative estimate of drug-likeness (QED) is 0.654. The molecule has 5 heteroatoms. The van der Waals surface area contributed by atoms with Crippen LogP contribution in [0, 0.1) is 0 Å². The van der Waals surface area contributed by atoms with Crippen molar-refractivity contribution in [3.8, 4) is 5.75 Å². The highest BCUT2D eigenvalue weighted by atomic mass is 79.9. The number of nitrogens with two attached hydrogens (primary N) is 1. The average Bonchev–Trinajstić information content (AvgIpc) is 2.81. The number of methoxy groups -OCH3 is 1. The van der Waals surface area contributed by atoms with E-state index in [1.807, 2.05) is 24.3 Å². The molecule has 3 nitrogen and oxygen atoms in total. The van der Waals surface area contributed by atoms with Crippen LogP contribution in [0.5, 0.6) is 5.75 Å². The van der Waals surface area contributed by atoms with Gasteiger partial charge in [-0.05, 0) is 28.1 Å². The first-order valence-electron chi connectivity index (χ1n) is 5.56. The van der Waals surface area contributed by atoms with Crippen molar-refractivity contribution in [2.45, 2.75) is 12.5 Å². The van der Waals surface area contributed by atoms with Crippen molar-refractivity contribution in [3.05, 3.63) is 50.6 Å². The number of para-hydroxylation sites is 1. The minimum Gasteiger partial charge on any atom is -0.496 e. The summed E-state index contributed by atoms with van der Waals surface area (Å²) in [6, 6.07) is 10.1. The predicted octanol–water partition coefficient (Wildman–Crippen LogP) is 3.27. The molecule has 1 aromatic carbocycles. The maximum atomic E-state index is 5.67. The molecule has 96 valence electrons. The summed E-state index contributed by atoms with van der Waals surface area (Å²) < 4.78 is 6.48. The number of hydrogen-bond donors (Lipinski definition) is 2. The maximum Gasteiger partial charge on any atom is 0.123 e. The van der Waals surface area contributed by atoms with Crippen molar-refractivity contribution in [3.63, 3.8) is 0 Å². The highest BCUT2D eigenvalue weighted by Gasteiger charge is 2.15. The molecule has 0 saturated carbocycles. The SMILES string of the molecule is COc1ccccc1C(Cc1cc(Br)cs1)NN. The van der Waals surface area contributed by atoms with Gasteiger partial charge in [-0.1, -0.05) is 18.2 Å². The van der Waals surface area contributed by atoms with Crippen molar-refractivity contribution in [1.82, 2.24) is 5.43 Å². The molecule has 18 heavy (non-hydrogen) atoms. The van der Waals surface area contributed by atoms with Gasteiger partial charge < -0.3 is 4.74 Å². The van der Waals surface area contributed by atoms with Crippen LogP contribution in [0.4, 0.5) is 0 Å². The van der Waals surface area contributed by atoms with Crippen molar-refractivity contribution in [2.24, 2.45) is 5.84 Å². The zero-order chi connectivity index (χ0) is 13.0. The molecular formula is C13H15BrN2OS. The van der Waals surface area contributed by atoms with E-state index in [0.717, 1.165) is 22.2 Å². The molecule has 0 bridgehead atoms. The van der Waals surface area contributed by atoms with Gasteiger partial charge >= 0.3 is 0 Å². The van der Waals surface area contributed by atoms with Gasteiger partial charge in [0, 0.05) is 26.7 Å². The standard InChI is InChI=1S/C13H15BrN2OS/c1-17-13-5-3-2-4-11(13)12(16-15)7-10-6-9(14)8-18-10/h2-6,8,12,16H,7,15H2,1H3. The number of hydrazine groups is 1. The van der Waals surface area contributed by atoms with Crippen LogP contribution in [-0.4, -0.2) is 7.11 Å². The summed E-state index contributed by atoms with van der Waals surface area (Å²) in [5.74, 6) is 6.53. The minimum atomic E-state index is 0.0479. The topological polar surface area (TPSA) is 47.3 Å². The number of hydrogen-bond acceptors (Lipinski definition) is 4. The largest absolute Gasteiger partial charge is 0.496 e. The molecule has 0 saturated heterocycles. The molecule has 0 aliphatic carbocycles. The predicted molar refractivity (Wildman–Crippen MR) is 78.8 cm³/mol. The lowest BCUT2D eigenvalue weighted by atomic mass is 10.0. The summed E-state index contributed by atoms with van der Waals surface area (Å²) in [4.78, 5) is 1.27. The highest BCUT2D eigenvalue weighted by Crippen LogP contribution is 2.29. The molecule has 0 radical (unpaired) electrons. The fourth-order valence-electron chi connectivity index (χ4n) is 1.88. The molecule has 0 aliphatic rings. The van der Waals surface area contributed by atoms with Crippen molar-refractivity contribution in [2.75, 3.05) is 7.11 Å². The maximum absolute atomic E-state index is 5.67. The van der Waals surface area contributed by atoms with E-state index in [0.29, 0.717) is 0 Å². The van der Waals surface area contributed by atoms with E-state index in [1.54, 1.807) is 18.4 Å². The van der Waals surface area contributed by atoms with Crippen molar-refractivity contribution >= 4 is 27.3 Å². The van der Waals surface area contributed by atoms with Crippen molar-refractivity contribution < 1.29 is 4.74 Å². The van der Waals surface area contributed by atoms with E-state index in [9.17, 15) is 0 Å². The van der Waals surface area contributed by atoms with Crippen LogP contribution in [-0.2, 0) is 6.42 Å². The van der Waals surface area contributed by atoms with Gasteiger partial charge in [-0.2, -0.15) is 0 Å². The van der Waals surface area contributed by atoms with Gasteiger partial charge in [0.05, 0.1) is 13.2 Å². The van der Waals surface area contributed by atoms with Crippen LogP contribution in [0.2, 0.25) is 0 Å². The molecule has 0 amide bonds. The summed E-state index contributed by atoms with van der Waals surface area (Å²) in [7, 11) is 1.67. The molecule has 2 rings (SSSR count). The molecule has 1 aromatic heterocycles. The molecule has 0 fully saturated rings. The Labute approximate surface area is 119 Å². The molecular weight excluding hydrogens is 312 g/mol. The first-order chi connectivity index (χ1) is 8.74. The van der Waals surface area contributed by atoms with Gasteiger partial charge in [0.1, 0.15) is 5.75 Å². The van der Waals surface area contributed by atoms with E-state index in [-0.39, 0.29) is 6.04 Å². The van der Waals surface area contributed by atoms with Crippen LogP contribution < -0.4 is 16.0 Å². The number of halogens is 1. The fraction of sp³-hybridized carbons (Fsp3) is 0.231. The lowest BCUT2D eigenvalue weighted by Gasteiger charge is -2.18. The highest BCUT2D eigenvalue weighted by molar-refractivity contribution is 9.10. The first-order valence-corrected chi connectivity index (χ1v) is 7.24. The number of nitrogens with one attached hydrogen (secondary N) is 1. The Hall–Kier alpha value is -0.880. The van der Waals surface area contributed by atoms with Gasteiger partial charge in [-0.3, -0.25) is 11.3 Å². The van der Waals surface area contributed by atoms with Crippen LogP contribution in [0.25, 0.3) is 0 Å². The molecule has 2 aromatic rings. The molecule has 0 aliphatic heterocycles. The Morgan fingerprint density at radius 1 is 1.44 bits per heavy atom. The van der Waals surface area contributed by atoms with Crippen LogP contribution in [0.15, 0.2) is 40.2 Å². The van der Waals surface area contributed by atoms with Gasteiger partial charge in [-0.25, -0.2) is 0 Å². The molecule has 0 spiro atoms. The second kappa shape index (κ2) is 6.33. The Balaban J connectivity index is 2.22. The minimum absolute atomic E-state index is 0.0479. The Kier molecular flexibility index (Phi) is 4.77. The second-order valence-electron chi connectivity index (χ2n) is 3.90. The normalized spacial score (nSPS) is 12.4. The second-order valence-corrected chi connectivity index (χ2v) is 5.81. The molecule has 3 N–H and O–H groups in total. The van der Waals surface area contributed by atoms with E-state index in [1.165, 1.54) is 4.88 Å². The lowest BCUT2D eigenvalue weighted by Crippen LogP contribution is -2.29. The Morgan fingerprint density at radius 3 is 2.83 bits per heavy atom. The summed E-state index contributed by atoms with van der Waals surface area (Å²) in [6.45, 7) is 0. The number of thiophene rings is 1. The molecule has 1 unspecified atom stereocenters. The number of rotatable bonds is 5. The Morgan fingerprint density at radius 2 is 2.22 bits per heavy atom. The average molecular weight is 327 g/mol. The molecule has 1 atom stereocenters. The summed E-state index contributed by atoms with van der Waals surface area (Å²) in [5.41, 5.74) is 3.94. The summed E-state index contributed by atoms with van der Waals surface area (Å²) in [5, 5.41) is 2.07. The van der Waals surface area contributed by atoms with Crippen molar-refractivity contribution in [1.29, 1.82) is 0 Å².